The molecule has 0 radical (unpaired) electrons. The van der Waals surface area contributed by atoms with Crippen molar-refractivity contribution in [2.24, 2.45) is 5.10 Å². The minimum Gasteiger partial charge on any atom is -0.493 e. The van der Waals surface area contributed by atoms with Crippen molar-refractivity contribution in [3.8, 4) is 11.5 Å². The molecule has 138 valence electrons. The van der Waals surface area contributed by atoms with Gasteiger partial charge >= 0.3 is 0 Å². The molecule has 8 heteroatoms. The Morgan fingerprint density at radius 1 is 1.23 bits per heavy atom. The Hall–Kier alpha value is -2.02. The van der Waals surface area contributed by atoms with Gasteiger partial charge in [0.05, 0.1) is 18.3 Å². The quantitative estimate of drug-likeness (QED) is 0.401. The maximum absolute atomic E-state index is 6.35. The van der Waals surface area contributed by atoms with E-state index >= 15 is 0 Å². The highest BCUT2D eigenvalue weighted by atomic mass is 35.5. The second kappa shape index (κ2) is 10.2. The van der Waals surface area contributed by atoms with Gasteiger partial charge in [0.2, 0.25) is 0 Å². The van der Waals surface area contributed by atoms with Crippen LogP contribution in [0.3, 0.4) is 0 Å². The van der Waals surface area contributed by atoms with Gasteiger partial charge in [-0.05, 0) is 42.9 Å². The molecule has 0 heterocycles. The number of nitrogens with zero attached hydrogens (tertiary/aromatic N) is 1. The summed E-state index contributed by atoms with van der Waals surface area (Å²) in [5.74, 6) is 0.947. The van der Waals surface area contributed by atoms with Gasteiger partial charge < -0.3 is 14.8 Å². The highest BCUT2D eigenvalue weighted by Gasteiger charge is 2.12. The Morgan fingerprint density at radius 3 is 2.69 bits per heavy atom. The second-order valence-corrected chi connectivity index (χ2v) is 6.37. The minimum atomic E-state index is 0.279. The summed E-state index contributed by atoms with van der Waals surface area (Å²) in [4.78, 5) is 0. The van der Waals surface area contributed by atoms with E-state index in [1.54, 1.807) is 25.5 Å². The lowest BCUT2D eigenvalue weighted by molar-refractivity contribution is 0.285. The van der Waals surface area contributed by atoms with Gasteiger partial charge in [-0.1, -0.05) is 41.4 Å². The second-order valence-electron chi connectivity index (χ2n) is 5.14. The van der Waals surface area contributed by atoms with Crippen LogP contribution in [0.2, 0.25) is 10.0 Å². The van der Waals surface area contributed by atoms with Gasteiger partial charge in [-0.25, -0.2) is 0 Å². The Balaban J connectivity index is 2.12. The molecule has 0 spiro atoms. The molecule has 0 aliphatic carbocycles. The van der Waals surface area contributed by atoms with Gasteiger partial charge in [0, 0.05) is 17.1 Å². The number of halogens is 2. The van der Waals surface area contributed by atoms with Gasteiger partial charge in [-0.3, -0.25) is 5.43 Å². The average molecular weight is 412 g/mol. The number of hydrogen-bond donors (Lipinski definition) is 2. The predicted octanol–water partition coefficient (Wildman–Crippen LogP) is 4.40. The summed E-state index contributed by atoms with van der Waals surface area (Å²) in [7, 11) is 1.55. The molecule has 0 aliphatic heterocycles. The maximum atomic E-state index is 6.35. The summed E-state index contributed by atoms with van der Waals surface area (Å²) in [6.45, 7) is 2.95. The molecule has 0 aromatic heterocycles. The first-order valence-electron chi connectivity index (χ1n) is 7.85. The summed E-state index contributed by atoms with van der Waals surface area (Å²) < 4.78 is 11.2. The number of nitrogens with one attached hydrogen (secondary N) is 2. The zero-order valence-corrected chi connectivity index (χ0v) is 16.7. The van der Waals surface area contributed by atoms with Crippen molar-refractivity contribution in [1.29, 1.82) is 0 Å². The molecule has 2 aromatic rings. The van der Waals surface area contributed by atoms with Crippen LogP contribution in [0.5, 0.6) is 11.5 Å². The van der Waals surface area contributed by atoms with E-state index in [-0.39, 0.29) is 6.61 Å². The monoisotopic (exact) mass is 411 g/mol. The van der Waals surface area contributed by atoms with Crippen molar-refractivity contribution in [2.45, 2.75) is 13.5 Å². The number of thiocarbonyl (C=S) groups is 1. The first-order valence-corrected chi connectivity index (χ1v) is 9.02. The predicted molar refractivity (Wildman–Crippen MR) is 111 cm³/mol. The summed E-state index contributed by atoms with van der Waals surface area (Å²) in [6.07, 6.45) is 1.59. The van der Waals surface area contributed by atoms with E-state index < -0.39 is 0 Å². The number of rotatable bonds is 7. The lowest BCUT2D eigenvalue weighted by Crippen LogP contribution is -2.31. The molecule has 2 aromatic carbocycles. The van der Waals surface area contributed by atoms with Gasteiger partial charge in [-0.2, -0.15) is 5.10 Å². The molecule has 2 N–H and O–H groups in total. The normalized spacial score (nSPS) is 10.6. The number of hydrogen-bond acceptors (Lipinski definition) is 4. The molecule has 0 amide bonds. The van der Waals surface area contributed by atoms with Crippen LogP contribution < -0.4 is 20.2 Å². The van der Waals surface area contributed by atoms with E-state index in [1.807, 2.05) is 31.2 Å². The molecular formula is C18H19Cl2N3O2S. The Bertz CT molecular complexity index is 800. The minimum absolute atomic E-state index is 0.279. The van der Waals surface area contributed by atoms with Crippen molar-refractivity contribution >= 4 is 46.7 Å². The van der Waals surface area contributed by atoms with E-state index in [9.17, 15) is 0 Å². The van der Waals surface area contributed by atoms with Gasteiger partial charge in [0.1, 0.15) is 6.61 Å². The lowest BCUT2D eigenvalue weighted by Gasteiger charge is -2.14. The van der Waals surface area contributed by atoms with Crippen molar-refractivity contribution < 1.29 is 9.47 Å². The van der Waals surface area contributed by atoms with Crippen LogP contribution in [0, 0.1) is 0 Å². The van der Waals surface area contributed by atoms with Crippen LogP contribution in [0.1, 0.15) is 18.1 Å². The highest BCUT2D eigenvalue weighted by molar-refractivity contribution is 7.80. The van der Waals surface area contributed by atoms with Gasteiger partial charge in [-0.15, -0.1) is 0 Å². The SMILES string of the molecule is CCNC(=S)N/N=C\c1cc(Cl)c(OCc2ccccc2Cl)c(OC)c1. The molecule has 26 heavy (non-hydrogen) atoms. The summed E-state index contributed by atoms with van der Waals surface area (Å²) in [6, 6.07) is 11.0. The summed E-state index contributed by atoms with van der Waals surface area (Å²) in [5.41, 5.74) is 4.32. The molecule has 0 atom stereocenters. The third kappa shape index (κ3) is 5.76. The van der Waals surface area contributed by atoms with Crippen LogP contribution >= 0.6 is 35.4 Å². The van der Waals surface area contributed by atoms with E-state index in [2.05, 4.69) is 15.8 Å². The van der Waals surface area contributed by atoms with Gasteiger partial charge in [0.15, 0.2) is 16.6 Å². The summed E-state index contributed by atoms with van der Waals surface area (Å²) in [5, 5.41) is 8.49. The Morgan fingerprint density at radius 2 is 2.00 bits per heavy atom. The molecular weight excluding hydrogens is 393 g/mol. The van der Waals surface area contributed by atoms with Crippen LogP contribution in [0.4, 0.5) is 0 Å². The van der Waals surface area contributed by atoms with E-state index in [0.29, 0.717) is 26.7 Å². The molecule has 5 nitrogen and oxygen atoms in total. The standard InChI is InChI=1S/C18H19Cl2N3O2S/c1-3-21-18(26)23-22-10-12-8-15(20)17(16(9-12)24-2)25-11-13-6-4-5-7-14(13)19/h4-10H,3,11H2,1-2H3,(H2,21,23,26)/b22-10-. The number of benzene rings is 2. The van der Waals surface area contributed by atoms with Crippen molar-refractivity contribution in [1.82, 2.24) is 10.7 Å². The fourth-order valence-corrected chi connectivity index (χ4v) is 2.75. The fourth-order valence-electron chi connectivity index (χ4n) is 2.09. The third-order valence-electron chi connectivity index (χ3n) is 3.30. The zero-order chi connectivity index (χ0) is 18.9. The molecule has 0 aliphatic rings. The van der Waals surface area contributed by atoms with Crippen molar-refractivity contribution in [2.75, 3.05) is 13.7 Å². The van der Waals surface area contributed by atoms with Crippen molar-refractivity contribution in [3.05, 3.63) is 57.6 Å². The van der Waals surface area contributed by atoms with Crippen molar-refractivity contribution in [3.63, 3.8) is 0 Å². The molecule has 0 saturated carbocycles. The number of ether oxygens (including phenoxy) is 2. The molecule has 0 bridgehead atoms. The topological polar surface area (TPSA) is 54.9 Å². The first-order chi connectivity index (χ1) is 12.5. The largest absolute Gasteiger partial charge is 0.493 e. The summed E-state index contributed by atoms with van der Waals surface area (Å²) >= 11 is 17.5. The van der Waals surface area contributed by atoms with Crippen LogP contribution in [0.15, 0.2) is 41.5 Å². The van der Waals surface area contributed by atoms with E-state index in [0.717, 1.165) is 17.7 Å². The van der Waals surface area contributed by atoms with Crippen LogP contribution in [-0.2, 0) is 6.61 Å². The first kappa shape index (κ1) is 20.3. The lowest BCUT2D eigenvalue weighted by atomic mass is 10.2. The fraction of sp³-hybridized carbons (Fsp3) is 0.222. The molecule has 2 rings (SSSR count). The van der Waals surface area contributed by atoms with Crippen LogP contribution in [-0.4, -0.2) is 25.0 Å². The number of methoxy groups -OCH3 is 1. The maximum Gasteiger partial charge on any atom is 0.186 e. The third-order valence-corrected chi connectivity index (χ3v) is 4.18. The Labute approximate surface area is 168 Å². The van der Waals surface area contributed by atoms with E-state index in [4.69, 9.17) is 44.9 Å². The number of hydrazone groups is 1. The molecule has 0 unspecified atom stereocenters. The van der Waals surface area contributed by atoms with Gasteiger partial charge in [0.25, 0.3) is 0 Å². The smallest absolute Gasteiger partial charge is 0.186 e. The highest BCUT2D eigenvalue weighted by Crippen LogP contribution is 2.36. The Kier molecular flexibility index (Phi) is 7.97. The molecule has 0 saturated heterocycles. The zero-order valence-electron chi connectivity index (χ0n) is 14.4. The van der Waals surface area contributed by atoms with Crippen LogP contribution in [0.25, 0.3) is 0 Å². The molecule has 0 fully saturated rings. The van der Waals surface area contributed by atoms with E-state index in [1.165, 1.54) is 0 Å². The average Bonchev–Trinajstić information content (AvgIpc) is 2.62.